The Hall–Kier alpha value is -0.650. The zero-order valence-corrected chi connectivity index (χ0v) is 11.2. The van der Waals surface area contributed by atoms with Gasteiger partial charge in [0.15, 0.2) is 5.60 Å². The van der Waals surface area contributed by atoms with Crippen molar-refractivity contribution in [3.63, 3.8) is 0 Å². The summed E-state index contributed by atoms with van der Waals surface area (Å²) in [6.45, 7) is 5.94. The van der Waals surface area contributed by atoms with Crippen LogP contribution in [0.25, 0.3) is 0 Å². The van der Waals surface area contributed by atoms with Gasteiger partial charge in [-0.3, -0.25) is 5.43 Å². The summed E-state index contributed by atoms with van der Waals surface area (Å²) in [5.41, 5.74) is 1.68. The van der Waals surface area contributed by atoms with Crippen molar-refractivity contribution < 1.29 is 14.6 Å². The molecule has 1 aliphatic heterocycles. The number of carbonyl (C=O) groups excluding carboxylic acids is 1. The van der Waals surface area contributed by atoms with Gasteiger partial charge in [-0.25, -0.2) is 9.80 Å². The monoisotopic (exact) mass is 244 g/mol. The van der Waals surface area contributed by atoms with Gasteiger partial charge in [0, 0.05) is 18.6 Å². The Morgan fingerprint density at radius 3 is 2.47 bits per heavy atom. The highest BCUT2D eigenvalue weighted by Crippen LogP contribution is 2.20. The highest BCUT2D eigenvalue weighted by atomic mass is 16.5. The summed E-state index contributed by atoms with van der Waals surface area (Å²) in [6.07, 6.45) is 3.50. The maximum absolute atomic E-state index is 11.3. The Labute approximate surface area is 103 Å². The summed E-state index contributed by atoms with van der Waals surface area (Å²) < 4.78 is 4.56. The molecule has 2 N–H and O–H groups in total. The maximum atomic E-state index is 11.3. The van der Waals surface area contributed by atoms with Crippen molar-refractivity contribution in [2.75, 3.05) is 13.7 Å². The molecule has 3 atom stereocenters. The van der Waals surface area contributed by atoms with Crippen LogP contribution in [0.3, 0.4) is 0 Å². The Morgan fingerprint density at radius 1 is 1.47 bits per heavy atom. The minimum Gasteiger partial charge on any atom is -0.467 e. The second-order valence-corrected chi connectivity index (χ2v) is 5.14. The van der Waals surface area contributed by atoms with Gasteiger partial charge >= 0.3 is 5.97 Å². The molecular weight excluding hydrogens is 220 g/mol. The number of esters is 1. The first-order chi connectivity index (χ1) is 7.88. The molecule has 100 valence electrons. The SMILES string of the molecule is COC(=O)C(C)(O)CNN1C(C)CCCC1C. The fourth-order valence-corrected chi connectivity index (χ4v) is 2.27. The van der Waals surface area contributed by atoms with Gasteiger partial charge in [0.05, 0.1) is 7.11 Å². The van der Waals surface area contributed by atoms with Crippen LogP contribution in [0.1, 0.15) is 40.0 Å². The average Bonchev–Trinajstić information content (AvgIpc) is 2.27. The summed E-state index contributed by atoms with van der Waals surface area (Å²) in [6, 6.07) is 0.847. The van der Waals surface area contributed by atoms with Crippen LogP contribution in [0.5, 0.6) is 0 Å². The van der Waals surface area contributed by atoms with E-state index >= 15 is 0 Å². The zero-order chi connectivity index (χ0) is 13.1. The van der Waals surface area contributed by atoms with Crippen LogP contribution in [0.15, 0.2) is 0 Å². The van der Waals surface area contributed by atoms with Gasteiger partial charge in [-0.1, -0.05) is 6.42 Å². The number of ether oxygens (including phenoxy) is 1. The topological polar surface area (TPSA) is 61.8 Å². The number of carbonyl (C=O) groups is 1. The molecule has 0 radical (unpaired) electrons. The van der Waals surface area contributed by atoms with Gasteiger partial charge in [0.25, 0.3) is 0 Å². The number of nitrogens with zero attached hydrogens (tertiary/aromatic N) is 1. The third-order valence-corrected chi connectivity index (χ3v) is 3.42. The largest absolute Gasteiger partial charge is 0.467 e. The standard InChI is InChI=1S/C12H24N2O3/c1-9-6-5-7-10(2)14(9)13-8-12(3,16)11(15)17-4/h9-10,13,16H,5-8H2,1-4H3. The number of hydrazine groups is 1. The molecule has 0 bridgehead atoms. The van der Waals surface area contributed by atoms with Crippen LogP contribution in [0.4, 0.5) is 0 Å². The lowest BCUT2D eigenvalue weighted by Crippen LogP contribution is -2.57. The predicted molar refractivity (Wildman–Crippen MR) is 65.3 cm³/mol. The molecule has 5 heteroatoms. The Bertz CT molecular complexity index is 258. The molecule has 0 aromatic heterocycles. The summed E-state index contributed by atoms with van der Waals surface area (Å²) in [4.78, 5) is 11.3. The van der Waals surface area contributed by atoms with Crippen molar-refractivity contribution in [3.05, 3.63) is 0 Å². The molecule has 0 spiro atoms. The lowest BCUT2D eigenvalue weighted by atomic mass is 9.99. The van der Waals surface area contributed by atoms with E-state index in [1.807, 2.05) is 0 Å². The third kappa shape index (κ3) is 3.66. The fraction of sp³-hybridized carbons (Fsp3) is 0.917. The van der Waals surface area contributed by atoms with Crippen LogP contribution < -0.4 is 5.43 Å². The van der Waals surface area contributed by atoms with Gasteiger partial charge in [-0.05, 0) is 33.6 Å². The quantitative estimate of drug-likeness (QED) is 0.712. The smallest absolute Gasteiger partial charge is 0.338 e. The second kappa shape index (κ2) is 5.80. The van der Waals surface area contributed by atoms with Crippen molar-refractivity contribution in [1.29, 1.82) is 0 Å². The molecule has 1 fully saturated rings. The minimum absolute atomic E-state index is 0.175. The molecule has 17 heavy (non-hydrogen) atoms. The van der Waals surface area contributed by atoms with E-state index in [-0.39, 0.29) is 6.54 Å². The van der Waals surface area contributed by atoms with Crippen molar-refractivity contribution in [1.82, 2.24) is 10.4 Å². The van der Waals surface area contributed by atoms with E-state index in [4.69, 9.17) is 0 Å². The maximum Gasteiger partial charge on any atom is 0.338 e. The highest BCUT2D eigenvalue weighted by Gasteiger charge is 2.33. The van der Waals surface area contributed by atoms with Gasteiger partial charge in [0.2, 0.25) is 0 Å². The van der Waals surface area contributed by atoms with E-state index in [0.717, 1.165) is 12.8 Å². The van der Waals surface area contributed by atoms with E-state index in [9.17, 15) is 9.90 Å². The Morgan fingerprint density at radius 2 is 2.00 bits per heavy atom. The third-order valence-electron chi connectivity index (χ3n) is 3.42. The predicted octanol–water partition coefficient (Wildman–Crippen LogP) is 0.678. The Balaban J connectivity index is 2.51. The molecular formula is C12H24N2O3. The number of hydrogen-bond acceptors (Lipinski definition) is 5. The van der Waals surface area contributed by atoms with Gasteiger partial charge < -0.3 is 9.84 Å². The van der Waals surface area contributed by atoms with E-state index in [1.165, 1.54) is 20.5 Å². The average molecular weight is 244 g/mol. The summed E-state index contributed by atoms with van der Waals surface area (Å²) in [5.74, 6) is -0.609. The molecule has 1 heterocycles. The van der Waals surface area contributed by atoms with Crippen LogP contribution in [-0.2, 0) is 9.53 Å². The van der Waals surface area contributed by atoms with Crippen molar-refractivity contribution in [3.8, 4) is 0 Å². The number of methoxy groups -OCH3 is 1. The normalized spacial score (nSPS) is 29.7. The number of nitrogens with one attached hydrogen (secondary N) is 1. The lowest BCUT2D eigenvalue weighted by molar-refractivity contribution is -0.161. The zero-order valence-electron chi connectivity index (χ0n) is 11.2. The number of aliphatic hydroxyl groups is 1. The van der Waals surface area contributed by atoms with Crippen LogP contribution >= 0.6 is 0 Å². The van der Waals surface area contributed by atoms with E-state index in [1.54, 1.807) is 0 Å². The molecule has 0 aromatic rings. The first-order valence-electron chi connectivity index (χ1n) is 6.21. The van der Waals surface area contributed by atoms with Crippen LogP contribution in [0.2, 0.25) is 0 Å². The molecule has 0 amide bonds. The van der Waals surface area contributed by atoms with E-state index in [0.29, 0.717) is 12.1 Å². The highest BCUT2D eigenvalue weighted by molar-refractivity contribution is 5.78. The first-order valence-corrected chi connectivity index (χ1v) is 6.21. The minimum atomic E-state index is -1.48. The van der Waals surface area contributed by atoms with Gasteiger partial charge in [-0.15, -0.1) is 0 Å². The van der Waals surface area contributed by atoms with Gasteiger partial charge in [-0.2, -0.15) is 0 Å². The fourth-order valence-electron chi connectivity index (χ4n) is 2.27. The molecule has 0 aliphatic carbocycles. The van der Waals surface area contributed by atoms with Crippen LogP contribution in [-0.4, -0.2) is 47.4 Å². The Kier molecular flexibility index (Phi) is 4.91. The number of piperidine rings is 1. The molecule has 1 rings (SSSR count). The molecule has 1 saturated heterocycles. The summed E-state index contributed by atoms with van der Waals surface area (Å²) in [5, 5.41) is 12.0. The van der Waals surface area contributed by atoms with Crippen LogP contribution in [0, 0.1) is 0 Å². The van der Waals surface area contributed by atoms with Crippen molar-refractivity contribution >= 4 is 5.97 Å². The molecule has 1 aliphatic rings. The van der Waals surface area contributed by atoms with E-state index < -0.39 is 11.6 Å². The molecule has 0 saturated carbocycles. The first kappa shape index (κ1) is 14.4. The molecule has 3 unspecified atom stereocenters. The van der Waals surface area contributed by atoms with Gasteiger partial charge in [0.1, 0.15) is 0 Å². The lowest BCUT2D eigenvalue weighted by Gasteiger charge is -2.40. The summed E-state index contributed by atoms with van der Waals surface area (Å²) >= 11 is 0. The number of hydrogen-bond donors (Lipinski definition) is 2. The van der Waals surface area contributed by atoms with Crippen molar-refractivity contribution in [2.24, 2.45) is 0 Å². The molecule has 5 nitrogen and oxygen atoms in total. The summed E-state index contributed by atoms with van der Waals surface area (Å²) in [7, 11) is 1.28. The number of rotatable bonds is 4. The molecule has 0 aromatic carbocycles. The van der Waals surface area contributed by atoms with E-state index in [2.05, 4.69) is 29.0 Å². The second-order valence-electron chi connectivity index (χ2n) is 5.14. The van der Waals surface area contributed by atoms with Crippen molar-refractivity contribution in [2.45, 2.75) is 57.7 Å².